The fraction of sp³-hybridized carbons (Fsp3) is 0.111. The molecule has 1 N–H and O–H groups in total. The van der Waals surface area contributed by atoms with Gasteiger partial charge in [0.15, 0.2) is 5.58 Å². The predicted molar refractivity (Wildman–Crippen MR) is 94.8 cm³/mol. The number of hydrogen-bond donors (Lipinski definition) is 1. The van der Waals surface area contributed by atoms with Gasteiger partial charge in [-0.15, -0.1) is 0 Å². The summed E-state index contributed by atoms with van der Waals surface area (Å²) in [6.07, 6.45) is 0. The van der Waals surface area contributed by atoms with E-state index in [2.05, 4.69) is 5.32 Å². The summed E-state index contributed by atoms with van der Waals surface area (Å²) in [4.78, 5) is 24.5. The summed E-state index contributed by atoms with van der Waals surface area (Å²) in [5.41, 5.74) is 0.356. The molecule has 6 heteroatoms. The molecule has 0 unspecified atom stereocenters. The molecule has 0 radical (unpaired) electrons. The number of nitrogens with one attached hydrogen (secondary N) is 1. The van der Waals surface area contributed by atoms with Crippen molar-refractivity contribution in [1.29, 1.82) is 0 Å². The number of amides is 1. The third-order valence-corrected chi connectivity index (χ3v) is 4.22. The van der Waals surface area contributed by atoms with Crippen LogP contribution in [0.2, 0.25) is 10.0 Å². The third kappa shape index (κ3) is 3.30. The highest BCUT2D eigenvalue weighted by Crippen LogP contribution is 2.22. The lowest BCUT2D eigenvalue weighted by molar-refractivity contribution is 0.0936. The number of benzene rings is 2. The maximum atomic E-state index is 12.4. The molecule has 0 aliphatic carbocycles. The summed E-state index contributed by atoms with van der Waals surface area (Å²) in [5, 5.41) is 4.31. The summed E-state index contributed by atoms with van der Waals surface area (Å²) in [5.74, 6) is -0.506. The lowest BCUT2D eigenvalue weighted by Gasteiger charge is -2.14. The molecule has 122 valence electrons. The number of para-hydroxylation sites is 1. The van der Waals surface area contributed by atoms with Gasteiger partial charge in [-0.3, -0.25) is 4.79 Å². The van der Waals surface area contributed by atoms with Crippen LogP contribution in [0.5, 0.6) is 0 Å². The van der Waals surface area contributed by atoms with Gasteiger partial charge in [-0.25, -0.2) is 4.79 Å². The molecular weight excluding hydrogens is 349 g/mol. The second kappa shape index (κ2) is 6.67. The molecule has 1 aromatic heterocycles. The molecule has 2 aromatic carbocycles. The Labute approximate surface area is 148 Å². The van der Waals surface area contributed by atoms with Crippen molar-refractivity contribution in [3.63, 3.8) is 0 Å². The first-order chi connectivity index (χ1) is 11.5. The summed E-state index contributed by atoms with van der Waals surface area (Å²) < 4.78 is 5.18. The predicted octanol–water partition coefficient (Wildman–Crippen LogP) is 4.59. The van der Waals surface area contributed by atoms with E-state index in [0.717, 1.165) is 5.56 Å². The number of carbonyl (C=O) groups is 1. The van der Waals surface area contributed by atoms with Gasteiger partial charge >= 0.3 is 5.63 Å². The van der Waals surface area contributed by atoms with Crippen LogP contribution < -0.4 is 10.9 Å². The zero-order valence-corrected chi connectivity index (χ0v) is 14.2. The Morgan fingerprint density at radius 2 is 1.83 bits per heavy atom. The van der Waals surface area contributed by atoms with Crippen molar-refractivity contribution in [2.45, 2.75) is 13.0 Å². The van der Waals surface area contributed by atoms with Crippen LogP contribution in [0.25, 0.3) is 11.0 Å². The number of hydrogen-bond acceptors (Lipinski definition) is 3. The van der Waals surface area contributed by atoms with Crippen molar-refractivity contribution in [3.05, 3.63) is 80.1 Å². The van der Waals surface area contributed by atoms with E-state index >= 15 is 0 Å². The summed E-state index contributed by atoms with van der Waals surface area (Å²) in [6, 6.07) is 13.4. The lowest BCUT2D eigenvalue weighted by atomic mass is 10.1. The molecule has 4 nitrogen and oxygen atoms in total. The minimum atomic E-state index is -0.726. The summed E-state index contributed by atoms with van der Waals surface area (Å²) in [6.45, 7) is 1.82. The number of fused-ring (bicyclic) bond motifs is 1. The van der Waals surface area contributed by atoms with E-state index in [4.69, 9.17) is 27.6 Å². The largest absolute Gasteiger partial charge is 0.421 e. The van der Waals surface area contributed by atoms with Crippen molar-refractivity contribution in [3.8, 4) is 0 Å². The number of rotatable bonds is 3. The molecule has 0 spiro atoms. The lowest BCUT2D eigenvalue weighted by Crippen LogP contribution is -2.30. The van der Waals surface area contributed by atoms with Gasteiger partial charge in [0.2, 0.25) is 0 Å². The highest BCUT2D eigenvalue weighted by Gasteiger charge is 2.17. The Morgan fingerprint density at radius 3 is 2.54 bits per heavy atom. The van der Waals surface area contributed by atoms with Crippen molar-refractivity contribution in [2.75, 3.05) is 0 Å². The van der Waals surface area contributed by atoms with Crippen LogP contribution in [0.15, 0.2) is 57.7 Å². The molecule has 0 fully saturated rings. The molecule has 0 aliphatic heterocycles. The molecule has 24 heavy (non-hydrogen) atoms. The molecule has 1 amide bonds. The van der Waals surface area contributed by atoms with E-state index in [-0.39, 0.29) is 17.2 Å². The van der Waals surface area contributed by atoms with Gasteiger partial charge in [-0.1, -0.05) is 47.5 Å². The first-order valence-corrected chi connectivity index (χ1v) is 8.00. The Balaban J connectivity index is 1.90. The number of carbonyl (C=O) groups excluding carboxylic acids is 1. The standard InChI is InChI=1S/C18H13Cl2NO3/c1-10(11-5-7-13(19)8-6-11)21-17(22)14-9-12-3-2-4-15(20)16(12)24-18(14)23/h2-10H,1H3,(H,21,22)/t10-/m0/s1. The quantitative estimate of drug-likeness (QED) is 0.694. The highest BCUT2D eigenvalue weighted by molar-refractivity contribution is 6.34. The smallest absolute Gasteiger partial charge is 0.349 e. The van der Waals surface area contributed by atoms with Crippen molar-refractivity contribution < 1.29 is 9.21 Å². The second-order valence-electron chi connectivity index (χ2n) is 5.35. The maximum absolute atomic E-state index is 12.4. The third-order valence-electron chi connectivity index (χ3n) is 3.67. The van der Waals surface area contributed by atoms with Crippen LogP contribution in [-0.4, -0.2) is 5.91 Å². The minimum absolute atomic E-state index is 0.0643. The van der Waals surface area contributed by atoms with Crippen LogP contribution in [0.1, 0.15) is 28.9 Å². The normalized spacial score (nSPS) is 12.1. The van der Waals surface area contributed by atoms with Crippen LogP contribution in [-0.2, 0) is 0 Å². The molecule has 0 saturated heterocycles. The van der Waals surface area contributed by atoms with Crippen LogP contribution in [0, 0.1) is 0 Å². The van der Waals surface area contributed by atoms with Gasteiger partial charge < -0.3 is 9.73 Å². The minimum Gasteiger partial charge on any atom is -0.421 e. The van der Waals surface area contributed by atoms with E-state index in [1.807, 2.05) is 19.1 Å². The van der Waals surface area contributed by atoms with Gasteiger partial charge in [0.25, 0.3) is 5.91 Å². The molecule has 0 saturated carbocycles. The monoisotopic (exact) mass is 361 g/mol. The fourth-order valence-electron chi connectivity index (χ4n) is 2.38. The number of halogens is 2. The first-order valence-electron chi connectivity index (χ1n) is 7.24. The van der Waals surface area contributed by atoms with Gasteiger partial charge in [0.1, 0.15) is 5.56 Å². The second-order valence-corrected chi connectivity index (χ2v) is 6.20. The summed E-state index contributed by atoms with van der Waals surface area (Å²) >= 11 is 11.8. The van der Waals surface area contributed by atoms with Crippen molar-refractivity contribution in [2.24, 2.45) is 0 Å². The van der Waals surface area contributed by atoms with Gasteiger partial charge in [0.05, 0.1) is 11.1 Å². The Kier molecular flexibility index (Phi) is 4.60. The Morgan fingerprint density at radius 1 is 1.12 bits per heavy atom. The van der Waals surface area contributed by atoms with Crippen LogP contribution in [0.4, 0.5) is 0 Å². The first kappa shape index (κ1) is 16.6. The fourth-order valence-corrected chi connectivity index (χ4v) is 2.72. The summed E-state index contributed by atoms with van der Waals surface area (Å²) in [7, 11) is 0. The van der Waals surface area contributed by atoms with Crippen LogP contribution >= 0.6 is 23.2 Å². The molecule has 3 rings (SSSR count). The average molecular weight is 362 g/mol. The molecule has 0 aliphatic rings. The SMILES string of the molecule is C[C@H](NC(=O)c1cc2cccc(Cl)c2oc1=O)c1ccc(Cl)cc1. The van der Waals surface area contributed by atoms with Gasteiger partial charge in [-0.05, 0) is 36.8 Å². The van der Waals surface area contributed by atoms with E-state index in [0.29, 0.717) is 15.4 Å². The highest BCUT2D eigenvalue weighted by atomic mass is 35.5. The zero-order valence-electron chi connectivity index (χ0n) is 12.7. The van der Waals surface area contributed by atoms with E-state index < -0.39 is 11.5 Å². The Hall–Kier alpha value is -2.30. The molecule has 1 atom stereocenters. The van der Waals surface area contributed by atoms with Gasteiger partial charge in [-0.2, -0.15) is 0 Å². The van der Waals surface area contributed by atoms with E-state index in [9.17, 15) is 9.59 Å². The average Bonchev–Trinajstić information content (AvgIpc) is 2.55. The van der Waals surface area contributed by atoms with Crippen molar-refractivity contribution in [1.82, 2.24) is 5.32 Å². The maximum Gasteiger partial charge on any atom is 0.349 e. The molecular formula is C18H13Cl2NO3. The Bertz CT molecular complexity index is 964. The molecule has 0 bridgehead atoms. The topological polar surface area (TPSA) is 59.3 Å². The molecule has 1 heterocycles. The van der Waals surface area contributed by atoms with Crippen LogP contribution in [0.3, 0.4) is 0 Å². The van der Waals surface area contributed by atoms with Gasteiger partial charge in [0, 0.05) is 10.4 Å². The van der Waals surface area contributed by atoms with E-state index in [1.165, 1.54) is 6.07 Å². The molecule has 3 aromatic rings. The zero-order chi connectivity index (χ0) is 17.3. The van der Waals surface area contributed by atoms with Crippen molar-refractivity contribution >= 4 is 40.1 Å². The van der Waals surface area contributed by atoms with E-state index in [1.54, 1.807) is 30.3 Å².